The Bertz CT molecular complexity index is 866. The Morgan fingerprint density at radius 1 is 0.612 bits per heavy atom. The van der Waals surface area contributed by atoms with Gasteiger partial charge in [-0.2, -0.15) is 0 Å². The molecule has 0 saturated carbocycles. The third-order valence-corrected chi connectivity index (χ3v) is 9.32. The standard InChI is InChI=1S/C39H74NO8P/c1-3-5-7-9-11-13-15-17-18-20-21-23-25-27-29-31-38(41)45-35-37(36-47-49(43,44)46-34-33-40)48-39(42)32-30-28-26-24-22-19-16-14-12-10-8-6-4-2/h11,13,17-18,37H,3-10,12,14-16,19-36,40H2,1-2H3,(H,43,44)/b13-11+,18-17+/t37-/m1/s1. The summed E-state index contributed by atoms with van der Waals surface area (Å²) in [5.74, 6) is -0.841. The number of nitrogens with two attached hydrogens (primary N) is 1. The van der Waals surface area contributed by atoms with Crippen LogP contribution in [0.3, 0.4) is 0 Å². The van der Waals surface area contributed by atoms with E-state index in [9.17, 15) is 19.0 Å². The van der Waals surface area contributed by atoms with Gasteiger partial charge in [0.05, 0.1) is 13.2 Å². The quantitative estimate of drug-likeness (QED) is 0.0279. The number of carbonyl (C=O) groups is 2. The Morgan fingerprint density at radius 2 is 1.06 bits per heavy atom. The molecule has 2 atom stereocenters. The van der Waals surface area contributed by atoms with Gasteiger partial charge in [-0.25, -0.2) is 4.57 Å². The molecule has 10 heteroatoms. The maximum absolute atomic E-state index is 12.5. The van der Waals surface area contributed by atoms with Crippen LogP contribution >= 0.6 is 7.82 Å². The van der Waals surface area contributed by atoms with Crippen molar-refractivity contribution in [2.75, 3.05) is 26.4 Å². The predicted molar refractivity (Wildman–Crippen MR) is 201 cm³/mol. The van der Waals surface area contributed by atoms with Crippen molar-refractivity contribution in [2.24, 2.45) is 5.73 Å². The van der Waals surface area contributed by atoms with Gasteiger partial charge in [0, 0.05) is 19.4 Å². The maximum Gasteiger partial charge on any atom is 0.472 e. The molecule has 0 rings (SSSR count). The molecule has 0 aliphatic carbocycles. The molecule has 0 amide bonds. The summed E-state index contributed by atoms with van der Waals surface area (Å²) in [5, 5.41) is 0. The van der Waals surface area contributed by atoms with Crippen LogP contribution in [0.4, 0.5) is 0 Å². The molecule has 288 valence electrons. The van der Waals surface area contributed by atoms with E-state index in [1.54, 1.807) is 0 Å². The summed E-state index contributed by atoms with van der Waals surface area (Å²) in [7, 11) is -4.37. The molecule has 3 N–H and O–H groups in total. The lowest BCUT2D eigenvalue weighted by Gasteiger charge is -2.19. The second kappa shape index (κ2) is 36.3. The van der Waals surface area contributed by atoms with E-state index in [0.29, 0.717) is 6.42 Å². The van der Waals surface area contributed by atoms with Crippen molar-refractivity contribution in [1.29, 1.82) is 0 Å². The summed E-state index contributed by atoms with van der Waals surface area (Å²) >= 11 is 0. The molecule has 0 heterocycles. The van der Waals surface area contributed by atoms with Crippen molar-refractivity contribution < 1.29 is 37.6 Å². The van der Waals surface area contributed by atoms with Gasteiger partial charge in [0.25, 0.3) is 0 Å². The van der Waals surface area contributed by atoms with Gasteiger partial charge in [0.15, 0.2) is 6.10 Å². The number of hydrogen-bond donors (Lipinski definition) is 2. The highest BCUT2D eigenvalue weighted by Gasteiger charge is 2.25. The lowest BCUT2D eigenvalue weighted by molar-refractivity contribution is -0.161. The van der Waals surface area contributed by atoms with Gasteiger partial charge in [-0.15, -0.1) is 0 Å². The van der Waals surface area contributed by atoms with Crippen LogP contribution < -0.4 is 5.73 Å². The van der Waals surface area contributed by atoms with E-state index in [1.165, 1.54) is 89.9 Å². The SMILES string of the molecule is CCCCC/C=C/C/C=C/CCCCCCCC(=O)OC[C@H](COP(=O)(O)OCCN)OC(=O)CCCCCCCCCCCCCCC. The van der Waals surface area contributed by atoms with Gasteiger partial charge in [0.1, 0.15) is 6.61 Å². The molecule has 0 aliphatic rings. The number of phosphoric ester groups is 1. The molecule has 0 bridgehead atoms. The summed E-state index contributed by atoms with van der Waals surface area (Å²) in [6.45, 7) is 3.69. The van der Waals surface area contributed by atoms with E-state index in [2.05, 4.69) is 38.2 Å². The summed E-state index contributed by atoms with van der Waals surface area (Å²) in [4.78, 5) is 34.7. The van der Waals surface area contributed by atoms with Crippen molar-refractivity contribution in [3.8, 4) is 0 Å². The van der Waals surface area contributed by atoms with E-state index in [-0.39, 0.29) is 32.6 Å². The van der Waals surface area contributed by atoms with Gasteiger partial charge < -0.3 is 20.1 Å². The van der Waals surface area contributed by atoms with Crippen LogP contribution in [0.5, 0.6) is 0 Å². The highest BCUT2D eigenvalue weighted by atomic mass is 31.2. The van der Waals surface area contributed by atoms with Crippen LogP contribution in [0.25, 0.3) is 0 Å². The lowest BCUT2D eigenvalue weighted by Crippen LogP contribution is -2.29. The Hall–Kier alpha value is -1.51. The van der Waals surface area contributed by atoms with Crippen molar-refractivity contribution in [3.05, 3.63) is 24.3 Å². The minimum absolute atomic E-state index is 0.0528. The van der Waals surface area contributed by atoms with Crippen LogP contribution in [0.1, 0.15) is 181 Å². The molecular weight excluding hydrogens is 641 g/mol. The first-order valence-corrected chi connectivity index (χ1v) is 21.3. The molecule has 0 fully saturated rings. The van der Waals surface area contributed by atoms with Crippen LogP contribution in [-0.4, -0.2) is 49.3 Å². The predicted octanol–water partition coefficient (Wildman–Crippen LogP) is 10.8. The van der Waals surface area contributed by atoms with Crippen molar-refractivity contribution in [2.45, 2.75) is 187 Å². The fourth-order valence-electron chi connectivity index (χ4n) is 5.37. The first kappa shape index (κ1) is 47.5. The molecule has 0 aliphatic heterocycles. The van der Waals surface area contributed by atoms with Crippen molar-refractivity contribution in [1.82, 2.24) is 0 Å². The molecule has 0 spiro atoms. The van der Waals surface area contributed by atoms with Crippen molar-refractivity contribution in [3.63, 3.8) is 0 Å². The largest absolute Gasteiger partial charge is 0.472 e. The zero-order chi connectivity index (χ0) is 36.1. The second-order valence-corrected chi connectivity index (χ2v) is 14.6. The first-order valence-electron chi connectivity index (χ1n) is 19.8. The van der Waals surface area contributed by atoms with Crippen LogP contribution in [0.2, 0.25) is 0 Å². The third kappa shape index (κ3) is 36.1. The lowest BCUT2D eigenvalue weighted by atomic mass is 10.0. The number of esters is 2. The van der Waals surface area contributed by atoms with E-state index in [4.69, 9.17) is 24.3 Å². The number of carbonyl (C=O) groups excluding carboxylic acids is 2. The van der Waals surface area contributed by atoms with E-state index in [1.807, 2.05) is 0 Å². The smallest absolute Gasteiger partial charge is 0.462 e. The van der Waals surface area contributed by atoms with Gasteiger partial charge in [-0.3, -0.25) is 18.6 Å². The maximum atomic E-state index is 12.5. The van der Waals surface area contributed by atoms with Crippen LogP contribution in [0.15, 0.2) is 24.3 Å². The van der Waals surface area contributed by atoms with Crippen LogP contribution in [0, 0.1) is 0 Å². The van der Waals surface area contributed by atoms with Gasteiger partial charge >= 0.3 is 19.8 Å². The van der Waals surface area contributed by atoms with E-state index < -0.39 is 32.5 Å². The Morgan fingerprint density at radius 3 is 1.59 bits per heavy atom. The fraction of sp³-hybridized carbons (Fsp3) is 0.846. The van der Waals surface area contributed by atoms with Crippen LogP contribution in [-0.2, 0) is 32.7 Å². The monoisotopic (exact) mass is 716 g/mol. The highest BCUT2D eigenvalue weighted by molar-refractivity contribution is 7.47. The number of allylic oxidation sites excluding steroid dienone is 4. The average molecular weight is 716 g/mol. The normalized spacial score (nSPS) is 13.6. The van der Waals surface area contributed by atoms with Gasteiger partial charge in [0.2, 0.25) is 0 Å². The number of hydrogen-bond acceptors (Lipinski definition) is 8. The Balaban J connectivity index is 4.21. The van der Waals surface area contributed by atoms with E-state index >= 15 is 0 Å². The zero-order valence-electron chi connectivity index (χ0n) is 31.4. The molecular formula is C39H74NO8P. The summed E-state index contributed by atoms with van der Waals surface area (Å²) in [6, 6.07) is 0. The molecule has 0 aromatic rings. The molecule has 0 aromatic carbocycles. The van der Waals surface area contributed by atoms with E-state index in [0.717, 1.165) is 57.8 Å². The van der Waals surface area contributed by atoms with Gasteiger partial charge in [-0.1, -0.05) is 147 Å². The number of phosphoric acid groups is 1. The molecule has 0 radical (unpaired) electrons. The first-order chi connectivity index (χ1) is 23.8. The average Bonchev–Trinajstić information content (AvgIpc) is 3.08. The van der Waals surface area contributed by atoms with Gasteiger partial charge in [-0.05, 0) is 44.9 Å². The minimum Gasteiger partial charge on any atom is -0.462 e. The Labute approximate surface area is 300 Å². The summed E-state index contributed by atoms with van der Waals surface area (Å²) in [6.07, 6.45) is 36.3. The second-order valence-electron chi connectivity index (χ2n) is 13.2. The Kier molecular flexibility index (Phi) is 35.2. The third-order valence-electron chi connectivity index (χ3n) is 8.34. The summed E-state index contributed by atoms with van der Waals surface area (Å²) in [5.41, 5.74) is 5.33. The summed E-state index contributed by atoms with van der Waals surface area (Å²) < 4.78 is 32.7. The highest BCUT2D eigenvalue weighted by Crippen LogP contribution is 2.43. The fourth-order valence-corrected chi connectivity index (χ4v) is 6.13. The number of ether oxygens (including phenoxy) is 2. The molecule has 0 saturated heterocycles. The molecule has 9 nitrogen and oxygen atoms in total. The number of rotatable bonds is 37. The molecule has 1 unspecified atom stereocenters. The molecule has 49 heavy (non-hydrogen) atoms. The minimum atomic E-state index is -4.37. The zero-order valence-corrected chi connectivity index (χ0v) is 32.3. The number of unbranched alkanes of at least 4 members (excludes halogenated alkanes) is 20. The molecule has 0 aromatic heterocycles. The van der Waals surface area contributed by atoms with Crippen molar-refractivity contribution >= 4 is 19.8 Å². The topological polar surface area (TPSA) is 134 Å².